The summed E-state index contributed by atoms with van der Waals surface area (Å²) in [5.74, 6) is 0. The van der Waals surface area contributed by atoms with E-state index in [-0.39, 0.29) is 12.6 Å². The Kier molecular flexibility index (Phi) is 5.49. The summed E-state index contributed by atoms with van der Waals surface area (Å²) in [5, 5.41) is 13.1. The van der Waals surface area contributed by atoms with Gasteiger partial charge in [-0.15, -0.1) is 0 Å². The Balaban J connectivity index is 1.99. The van der Waals surface area contributed by atoms with Gasteiger partial charge in [0.25, 0.3) is 0 Å². The number of hydrogen-bond acceptors (Lipinski definition) is 3. The Labute approximate surface area is 130 Å². The summed E-state index contributed by atoms with van der Waals surface area (Å²) >= 11 is 0. The van der Waals surface area contributed by atoms with E-state index >= 15 is 0 Å². The van der Waals surface area contributed by atoms with E-state index < -0.39 is 6.10 Å². The van der Waals surface area contributed by atoms with Crippen molar-refractivity contribution >= 4 is 11.7 Å². The fourth-order valence-corrected chi connectivity index (χ4v) is 2.10. The molecule has 116 valence electrons. The lowest BCUT2D eigenvalue weighted by atomic mass is 10.1. The van der Waals surface area contributed by atoms with Crippen molar-refractivity contribution in [1.29, 1.82) is 0 Å². The second kappa shape index (κ2) is 7.56. The van der Waals surface area contributed by atoms with Gasteiger partial charge in [-0.25, -0.2) is 4.79 Å². The molecule has 0 radical (unpaired) electrons. The first-order chi connectivity index (χ1) is 10.6. The number of likely N-dealkylation sites (N-methyl/N-ethyl adjacent to an activating group) is 1. The van der Waals surface area contributed by atoms with Crippen molar-refractivity contribution < 1.29 is 9.90 Å². The van der Waals surface area contributed by atoms with Crippen LogP contribution >= 0.6 is 0 Å². The fraction of sp³-hybridized carbons (Fsp3) is 0.294. The molecule has 1 aromatic carbocycles. The van der Waals surface area contributed by atoms with Gasteiger partial charge in [0.15, 0.2) is 0 Å². The number of aryl methyl sites for hydroxylation is 1. The molecule has 0 saturated carbocycles. The molecule has 0 aliphatic heterocycles. The molecule has 0 fully saturated rings. The fourth-order valence-electron chi connectivity index (χ4n) is 2.10. The summed E-state index contributed by atoms with van der Waals surface area (Å²) in [7, 11) is 0. The quantitative estimate of drug-likeness (QED) is 0.892. The average molecular weight is 299 g/mol. The number of aliphatic hydroxyl groups excluding tert-OH is 1. The summed E-state index contributed by atoms with van der Waals surface area (Å²) in [5.41, 5.74) is 2.58. The number of pyridine rings is 1. The van der Waals surface area contributed by atoms with Gasteiger partial charge >= 0.3 is 6.03 Å². The van der Waals surface area contributed by atoms with E-state index in [2.05, 4.69) is 10.3 Å². The van der Waals surface area contributed by atoms with Crippen LogP contribution in [0.2, 0.25) is 0 Å². The molecule has 22 heavy (non-hydrogen) atoms. The van der Waals surface area contributed by atoms with Gasteiger partial charge in [0, 0.05) is 12.7 Å². The predicted molar refractivity (Wildman–Crippen MR) is 86.6 cm³/mol. The Morgan fingerprint density at radius 3 is 2.64 bits per heavy atom. The van der Waals surface area contributed by atoms with E-state index in [1.54, 1.807) is 29.4 Å². The minimum absolute atomic E-state index is 0.242. The summed E-state index contributed by atoms with van der Waals surface area (Å²) in [4.78, 5) is 17.8. The first-order valence-electron chi connectivity index (χ1n) is 7.30. The first kappa shape index (κ1) is 16.0. The van der Waals surface area contributed by atoms with Gasteiger partial charge in [0.2, 0.25) is 0 Å². The van der Waals surface area contributed by atoms with Gasteiger partial charge < -0.3 is 15.3 Å². The van der Waals surface area contributed by atoms with Crippen molar-refractivity contribution in [3.05, 3.63) is 59.9 Å². The molecular weight excluding hydrogens is 278 g/mol. The molecule has 0 bridgehead atoms. The molecule has 2 aromatic rings. The SMILES string of the molecule is CCN(CC(O)c1ccc(C)cc1)C(=O)Nc1cccnc1. The third-order valence-electron chi connectivity index (χ3n) is 3.44. The van der Waals surface area contributed by atoms with Gasteiger partial charge in [0.05, 0.1) is 24.5 Å². The van der Waals surface area contributed by atoms with Gasteiger partial charge in [0.1, 0.15) is 0 Å². The highest BCUT2D eigenvalue weighted by Gasteiger charge is 2.17. The van der Waals surface area contributed by atoms with Crippen LogP contribution in [0.4, 0.5) is 10.5 Å². The zero-order valence-electron chi connectivity index (χ0n) is 12.9. The first-order valence-corrected chi connectivity index (χ1v) is 7.30. The van der Waals surface area contributed by atoms with E-state index in [1.165, 1.54) is 0 Å². The Bertz CT molecular complexity index is 599. The molecule has 1 unspecified atom stereocenters. The summed E-state index contributed by atoms with van der Waals surface area (Å²) in [6.07, 6.45) is 2.52. The molecule has 0 aliphatic carbocycles. The maximum absolute atomic E-state index is 12.2. The topological polar surface area (TPSA) is 65.5 Å². The van der Waals surface area contributed by atoms with Crippen LogP contribution in [-0.2, 0) is 0 Å². The highest BCUT2D eigenvalue weighted by molar-refractivity contribution is 5.89. The van der Waals surface area contributed by atoms with Crippen LogP contribution in [0.1, 0.15) is 24.2 Å². The third-order valence-corrected chi connectivity index (χ3v) is 3.44. The lowest BCUT2D eigenvalue weighted by Gasteiger charge is -2.24. The smallest absolute Gasteiger partial charge is 0.321 e. The van der Waals surface area contributed by atoms with Gasteiger partial charge in [-0.2, -0.15) is 0 Å². The number of amides is 2. The number of aromatic nitrogens is 1. The van der Waals surface area contributed by atoms with Crippen LogP contribution in [0.15, 0.2) is 48.8 Å². The van der Waals surface area contributed by atoms with Crippen LogP contribution in [0.3, 0.4) is 0 Å². The highest BCUT2D eigenvalue weighted by atomic mass is 16.3. The summed E-state index contributed by atoms with van der Waals surface area (Å²) < 4.78 is 0. The number of hydrogen-bond donors (Lipinski definition) is 2. The maximum Gasteiger partial charge on any atom is 0.321 e. The molecule has 1 atom stereocenters. The number of aliphatic hydroxyl groups is 1. The number of rotatable bonds is 5. The molecule has 1 heterocycles. The number of urea groups is 1. The van der Waals surface area contributed by atoms with E-state index in [1.807, 2.05) is 38.1 Å². The molecule has 5 nitrogen and oxygen atoms in total. The maximum atomic E-state index is 12.2. The monoisotopic (exact) mass is 299 g/mol. The van der Waals surface area contributed by atoms with Crippen LogP contribution in [0.25, 0.3) is 0 Å². The molecule has 2 rings (SSSR count). The molecule has 0 saturated heterocycles. The number of carbonyl (C=O) groups is 1. The van der Waals surface area contributed by atoms with Crippen LogP contribution < -0.4 is 5.32 Å². The Hall–Kier alpha value is -2.40. The van der Waals surface area contributed by atoms with Crippen molar-refractivity contribution in [3.8, 4) is 0 Å². The van der Waals surface area contributed by atoms with Gasteiger partial charge in [-0.3, -0.25) is 4.98 Å². The van der Waals surface area contributed by atoms with E-state index in [0.29, 0.717) is 12.2 Å². The van der Waals surface area contributed by atoms with Crippen LogP contribution in [0.5, 0.6) is 0 Å². The van der Waals surface area contributed by atoms with E-state index in [4.69, 9.17) is 0 Å². The average Bonchev–Trinajstić information content (AvgIpc) is 2.53. The third kappa shape index (κ3) is 4.30. The van der Waals surface area contributed by atoms with Crippen molar-refractivity contribution in [2.75, 3.05) is 18.4 Å². The lowest BCUT2D eigenvalue weighted by Crippen LogP contribution is -2.37. The van der Waals surface area contributed by atoms with Crippen molar-refractivity contribution in [2.45, 2.75) is 20.0 Å². The molecule has 2 N–H and O–H groups in total. The van der Waals surface area contributed by atoms with Crippen LogP contribution in [0, 0.1) is 6.92 Å². The second-order valence-corrected chi connectivity index (χ2v) is 5.14. The van der Waals surface area contributed by atoms with Crippen LogP contribution in [-0.4, -0.2) is 34.1 Å². The number of nitrogens with zero attached hydrogens (tertiary/aromatic N) is 2. The Morgan fingerprint density at radius 1 is 1.32 bits per heavy atom. The summed E-state index contributed by atoms with van der Waals surface area (Å²) in [6.45, 7) is 4.63. The van der Waals surface area contributed by atoms with Crippen molar-refractivity contribution in [1.82, 2.24) is 9.88 Å². The number of anilines is 1. The molecule has 0 spiro atoms. The zero-order valence-corrected chi connectivity index (χ0v) is 12.9. The second-order valence-electron chi connectivity index (χ2n) is 5.14. The standard InChI is InChI=1S/C17H21N3O2/c1-3-20(17(22)19-15-5-4-10-18-11-15)12-16(21)14-8-6-13(2)7-9-14/h4-11,16,21H,3,12H2,1-2H3,(H,19,22). The highest BCUT2D eigenvalue weighted by Crippen LogP contribution is 2.16. The molecule has 1 aromatic heterocycles. The molecule has 0 aliphatic rings. The number of carbonyl (C=O) groups excluding carboxylic acids is 1. The minimum atomic E-state index is -0.708. The zero-order chi connectivity index (χ0) is 15.9. The van der Waals surface area contributed by atoms with Gasteiger partial charge in [-0.1, -0.05) is 29.8 Å². The largest absolute Gasteiger partial charge is 0.387 e. The minimum Gasteiger partial charge on any atom is -0.387 e. The lowest BCUT2D eigenvalue weighted by molar-refractivity contribution is 0.128. The number of benzene rings is 1. The molecular formula is C17H21N3O2. The molecule has 5 heteroatoms. The molecule has 2 amide bonds. The van der Waals surface area contributed by atoms with E-state index in [9.17, 15) is 9.90 Å². The van der Waals surface area contributed by atoms with E-state index in [0.717, 1.165) is 11.1 Å². The normalized spacial score (nSPS) is 11.8. The van der Waals surface area contributed by atoms with Crippen molar-refractivity contribution in [2.24, 2.45) is 0 Å². The Morgan fingerprint density at radius 2 is 2.05 bits per heavy atom. The number of nitrogens with one attached hydrogen (secondary N) is 1. The predicted octanol–water partition coefficient (Wildman–Crippen LogP) is 2.98. The van der Waals surface area contributed by atoms with Crippen molar-refractivity contribution in [3.63, 3.8) is 0 Å². The van der Waals surface area contributed by atoms with Gasteiger partial charge in [-0.05, 0) is 31.5 Å². The summed E-state index contributed by atoms with van der Waals surface area (Å²) in [6, 6.07) is 10.9.